The lowest BCUT2D eigenvalue weighted by Crippen LogP contribution is -2.41. The lowest BCUT2D eigenvalue weighted by Gasteiger charge is -2.31. The first-order valence-electron chi connectivity index (χ1n) is 11.2. The molecular weight excluding hydrogens is 426 g/mol. The van der Waals surface area contributed by atoms with E-state index in [9.17, 15) is 9.59 Å². The van der Waals surface area contributed by atoms with E-state index in [0.717, 1.165) is 18.8 Å². The molecule has 2 aromatic carbocycles. The monoisotopic (exact) mass is 455 g/mol. The summed E-state index contributed by atoms with van der Waals surface area (Å²) < 4.78 is 22.5. The molecule has 2 heterocycles. The maximum atomic E-state index is 13.0. The lowest BCUT2D eigenvalue weighted by molar-refractivity contribution is -0.133. The van der Waals surface area contributed by atoms with Gasteiger partial charge in [0.15, 0.2) is 5.75 Å². The fourth-order valence-corrected chi connectivity index (χ4v) is 3.95. The third kappa shape index (κ3) is 5.31. The number of nitrogens with one attached hydrogen (secondary N) is 1. The van der Waals surface area contributed by atoms with Gasteiger partial charge in [0.05, 0.1) is 50.0 Å². The van der Waals surface area contributed by atoms with E-state index in [0.29, 0.717) is 55.1 Å². The molecule has 0 aliphatic carbocycles. The van der Waals surface area contributed by atoms with Gasteiger partial charge in [-0.1, -0.05) is 12.1 Å². The van der Waals surface area contributed by atoms with Gasteiger partial charge in [0, 0.05) is 25.2 Å². The third-order valence-corrected chi connectivity index (χ3v) is 5.37. The molecule has 4 rings (SSSR count). The summed E-state index contributed by atoms with van der Waals surface area (Å²) in [6.45, 7) is 7.55. The highest BCUT2D eigenvalue weighted by molar-refractivity contribution is 5.98. The number of carbonyl (C=O) groups excluding carboxylic acids is 2. The number of para-hydroxylation sites is 2. The van der Waals surface area contributed by atoms with Crippen LogP contribution in [0.1, 0.15) is 13.8 Å². The van der Waals surface area contributed by atoms with Crippen LogP contribution in [0.15, 0.2) is 36.4 Å². The van der Waals surface area contributed by atoms with Crippen LogP contribution in [-0.4, -0.2) is 64.5 Å². The number of anilines is 3. The fraction of sp³-hybridized carbons (Fsp3) is 0.417. The molecule has 176 valence electrons. The number of hydrogen-bond acceptors (Lipinski definition) is 8. The first-order valence-corrected chi connectivity index (χ1v) is 11.2. The van der Waals surface area contributed by atoms with Crippen LogP contribution in [0.5, 0.6) is 17.2 Å². The van der Waals surface area contributed by atoms with Gasteiger partial charge in [-0.3, -0.25) is 4.79 Å². The van der Waals surface area contributed by atoms with E-state index in [1.165, 1.54) is 0 Å². The molecular formula is C24H29N3O6. The molecule has 0 saturated carbocycles. The number of esters is 1. The van der Waals surface area contributed by atoms with Crippen molar-refractivity contribution in [3.63, 3.8) is 0 Å². The number of rotatable bonds is 8. The molecule has 2 aliphatic rings. The molecule has 33 heavy (non-hydrogen) atoms. The number of ether oxygens (including phenoxy) is 4. The largest absolute Gasteiger partial charge is 0.492 e. The average Bonchev–Trinajstić information content (AvgIpc) is 2.81. The predicted molar refractivity (Wildman–Crippen MR) is 125 cm³/mol. The Morgan fingerprint density at radius 1 is 1.03 bits per heavy atom. The number of carbonyl (C=O) groups is 2. The van der Waals surface area contributed by atoms with Crippen molar-refractivity contribution in [1.82, 2.24) is 0 Å². The summed E-state index contributed by atoms with van der Waals surface area (Å²) in [7, 11) is 0. The van der Waals surface area contributed by atoms with E-state index in [2.05, 4.69) is 10.2 Å². The quantitative estimate of drug-likeness (QED) is 0.480. The van der Waals surface area contributed by atoms with E-state index < -0.39 is 5.97 Å². The Hall–Kier alpha value is -3.46. The summed E-state index contributed by atoms with van der Waals surface area (Å²) in [5.41, 5.74) is 2.14. The molecule has 0 radical (unpaired) electrons. The van der Waals surface area contributed by atoms with Gasteiger partial charge in [-0.15, -0.1) is 0 Å². The molecule has 2 aromatic rings. The Kier molecular flexibility index (Phi) is 7.19. The van der Waals surface area contributed by atoms with Crippen LogP contribution in [0.4, 0.5) is 17.1 Å². The second-order valence-electron chi connectivity index (χ2n) is 7.63. The highest BCUT2D eigenvalue weighted by Gasteiger charge is 2.26. The van der Waals surface area contributed by atoms with Crippen LogP contribution in [0.2, 0.25) is 0 Å². The number of morpholine rings is 1. The van der Waals surface area contributed by atoms with Crippen molar-refractivity contribution in [3.05, 3.63) is 36.4 Å². The van der Waals surface area contributed by atoms with Gasteiger partial charge in [-0.25, -0.2) is 4.79 Å². The van der Waals surface area contributed by atoms with E-state index in [1.807, 2.05) is 32.0 Å². The molecule has 9 nitrogen and oxygen atoms in total. The Morgan fingerprint density at radius 2 is 1.76 bits per heavy atom. The molecule has 2 aliphatic heterocycles. The zero-order valence-electron chi connectivity index (χ0n) is 19.0. The molecule has 9 heteroatoms. The van der Waals surface area contributed by atoms with E-state index in [1.54, 1.807) is 23.1 Å². The van der Waals surface area contributed by atoms with Crippen LogP contribution >= 0.6 is 0 Å². The Balaban J connectivity index is 1.57. The molecule has 1 amide bonds. The minimum absolute atomic E-state index is 0.00289. The van der Waals surface area contributed by atoms with Crippen molar-refractivity contribution in [3.8, 4) is 17.2 Å². The minimum atomic E-state index is -0.398. The van der Waals surface area contributed by atoms with Crippen molar-refractivity contribution < 1.29 is 28.5 Å². The zero-order valence-corrected chi connectivity index (χ0v) is 19.0. The van der Waals surface area contributed by atoms with Gasteiger partial charge in [0.25, 0.3) is 0 Å². The normalized spacial score (nSPS) is 15.5. The van der Waals surface area contributed by atoms with Gasteiger partial charge in [-0.2, -0.15) is 0 Å². The first kappa shape index (κ1) is 22.7. The van der Waals surface area contributed by atoms with Crippen LogP contribution in [-0.2, 0) is 14.3 Å². The average molecular weight is 456 g/mol. The molecule has 1 fully saturated rings. The summed E-state index contributed by atoms with van der Waals surface area (Å²) in [5.74, 6) is 1.01. The number of amides is 1. The van der Waals surface area contributed by atoms with Gasteiger partial charge in [0.2, 0.25) is 5.91 Å². The zero-order chi connectivity index (χ0) is 23.2. The second kappa shape index (κ2) is 10.4. The summed E-state index contributed by atoms with van der Waals surface area (Å²) in [6, 6.07) is 10.9. The number of benzene rings is 2. The number of hydrogen-bond donors (Lipinski definition) is 1. The standard InChI is InChI=1S/C24H29N3O6/c1-3-31-21-14-19(26-9-11-30-12-10-26)22(32-4-2)13-17(21)25-23(28)15-27-16-24(29)33-20-8-6-5-7-18(20)27/h5-8,13-14H,3-4,9-12,15-16H2,1-2H3,(H,25,28). The summed E-state index contributed by atoms with van der Waals surface area (Å²) in [6.07, 6.45) is 0. The van der Waals surface area contributed by atoms with E-state index in [4.69, 9.17) is 18.9 Å². The third-order valence-electron chi connectivity index (χ3n) is 5.37. The Morgan fingerprint density at radius 3 is 2.52 bits per heavy atom. The van der Waals surface area contributed by atoms with Crippen LogP contribution in [0.25, 0.3) is 0 Å². The molecule has 0 unspecified atom stereocenters. The number of fused-ring (bicyclic) bond motifs is 1. The molecule has 1 saturated heterocycles. The van der Waals surface area contributed by atoms with Crippen molar-refractivity contribution in [2.24, 2.45) is 0 Å². The lowest BCUT2D eigenvalue weighted by atomic mass is 10.2. The van der Waals surface area contributed by atoms with Gasteiger partial charge < -0.3 is 34.1 Å². The predicted octanol–water partition coefficient (Wildman–Crippen LogP) is 2.68. The van der Waals surface area contributed by atoms with E-state index >= 15 is 0 Å². The summed E-state index contributed by atoms with van der Waals surface area (Å²) in [5, 5.41) is 2.94. The smallest absolute Gasteiger partial charge is 0.331 e. The molecule has 1 N–H and O–H groups in total. The van der Waals surface area contributed by atoms with Crippen molar-refractivity contribution in [2.75, 3.05) is 67.7 Å². The van der Waals surface area contributed by atoms with Gasteiger partial charge in [-0.05, 0) is 26.0 Å². The van der Waals surface area contributed by atoms with Crippen molar-refractivity contribution in [2.45, 2.75) is 13.8 Å². The molecule has 0 aromatic heterocycles. The number of nitrogens with zero attached hydrogens (tertiary/aromatic N) is 2. The SMILES string of the molecule is CCOc1cc(N2CCOCC2)c(OCC)cc1NC(=O)CN1CC(=O)Oc2ccccc21. The summed E-state index contributed by atoms with van der Waals surface area (Å²) in [4.78, 5) is 28.8. The summed E-state index contributed by atoms with van der Waals surface area (Å²) >= 11 is 0. The molecule has 0 atom stereocenters. The maximum absolute atomic E-state index is 13.0. The fourth-order valence-electron chi connectivity index (χ4n) is 3.95. The van der Waals surface area contributed by atoms with Crippen LogP contribution in [0.3, 0.4) is 0 Å². The highest BCUT2D eigenvalue weighted by atomic mass is 16.5. The van der Waals surface area contributed by atoms with Crippen LogP contribution < -0.4 is 29.3 Å². The minimum Gasteiger partial charge on any atom is -0.492 e. The first-order chi connectivity index (χ1) is 16.1. The van der Waals surface area contributed by atoms with E-state index in [-0.39, 0.29) is 19.0 Å². The van der Waals surface area contributed by atoms with Crippen LogP contribution in [0, 0.1) is 0 Å². The van der Waals surface area contributed by atoms with Crippen molar-refractivity contribution >= 4 is 28.9 Å². The highest BCUT2D eigenvalue weighted by Crippen LogP contribution is 2.39. The Bertz CT molecular complexity index is 1010. The van der Waals surface area contributed by atoms with Crippen molar-refractivity contribution in [1.29, 1.82) is 0 Å². The molecule has 0 bridgehead atoms. The Labute approximate surface area is 193 Å². The van der Waals surface area contributed by atoms with Gasteiger partial charge in [0.1, 0.15) is 18.0 Å². The second-order valence-corrected chi connectivity index (χ2v) is 7.63. The maximum Gasteiger partial charge on any atom is 0.331 e. The van der Waals surface area contributed by atoms with Gasteiger partial charge >= 0.3 is 5.97 Å². The molecule has 0 spiro atoms. The topological polar surface area (TPSA) is 89.6 Å².